The van der Waals surface area contributed by atoms with Gasteiger partial charge in [0.2, 0.25) is 5.91 Å². The standard InChI is InChI=1S/C17H24ClNO4/c1-4-22-10-6-9-19-16(20)8-7-13-11-14(18)17(23-5-2)15(12-13)21-3/h7-8,11-12H,4-6,9-10H2,1-3H3,(H,19,20). The number of nitrogens with one attached hydrogen (secondary N) is 1. The van der Waals surface area contributed by atoms with Crippen LogP contribution in [0.2, 0.25) is 5.02 Å². The maximum atomic E-state index is 11.7. The largest absolute Gasteiger partial charge is 0.493 e. The molecule has 0 aliphatic heterocycles. The number of benzene rings is 1. The molecule has 1 amide bonds. The third-order valence-corrected chi connectivity index (χ3v) is 3.22. The minimum absolute atomic E-state index is 0.162. The summed E-state index contributed by atoms with van der Waals surface area (Å²) in [5.74, 6) is 0.885. The van der Waals surface area contributed by atoms with Crippen molar-refractivity contribution in [3.8, 4) is 11.5 Å². The highest BCUT2D eigenvalue weighted by molar-refractivity contribution is 6.32. The molecule has 0 aliphatic carbocycles. The van der Waals surface area contributed by atoms with Gasteiger partial charge in [-0.15, -0.1) is 0 Å². The number of ether oxygens (including phenoxy) is 3. The lowest BCUT2D eigenvalue weighted by Gasteiger charge is -2.11. The molecule has 5 nitrogen and oxygen atoms in total. The quantitative estimate of drug-likeness (QED) is 0.524. The van der Waals surface area contributed by atoms with E-state index in [1.54, 1.807) is 25.3 Å². The van der Waals surface area contributed by atoms with E-state index in [0.717, 1.165) is 12.0 Å². The highest BCUT2D eigenvalue weighted by atomic mass is 35.5. The lowest BCUT2D eigenvalue weighted by molar-refractivity contribution is -0.116. The van der Waals surface area contributed by atoms with Crippen molar-refractivity contribution in [2.24, 2.45) is 0 Å². The van der Waals surface area contributed by atoms with Gasteiger partial charge in [-0.1, -0.05) is 11.6 Å². The van der Waals surface area contributed by atoms with Gasteiger partial charge in [0.15, 0.2) is 11.5 Å². The fraction of sp³-hybridized carbons (Fsp3) is 0.471. The summed E-state index contributed by atoms with van der Waals surface area (Å²) < 4.78 is 15.9. The first-order valence-corrected chi connectivity index (χ1v) is 8.04. The highest BCUT2D eigenvalue weighted by Gasteiger charge is 2.10. The topological polar surface area (TPSA) is 56.8 Å². The van der Waals surface area contributed by atoms with Crippen LogP contribution in [0.4, 0.5) is 0 Å². The number of halogens is 1. The van der Waals surface area contributed by atoms with Gasteiger partial charge in [0.25, 0.3) is 0 Å². The van der Waals surface area contributed by atoms with Crippen LogP contribution in [-0.2, 0) is 9.53 Å². The van der Waals surface area contributed by atoms with E-state index >= 15 is 0 Å². The first-order valence-electron chi connectivity index (χ1n) is 7.66. The van der Waals surface area contributed by atoms with Crippen molar-refractivity contribution in [2.45, 2.75) is 20.3 Å². The molecule has 1 N–H and O–H groups in total. The summed E-state index contributed by atoms with van der Waals surface area (Å²) in [5, 5.41) is 3.24. The van der Waals surface area contributed by atoms with Gasteiger partial charge in [-0.05, 0) is 44.0 Å². The first-order chi connectivity index (χ1) is 11.1. The Morgan fingerprint density at radius 2 is 2.09 bits per heavy atom. The Morgan fingerprint density at radius 3 is 2.74 bits per heavy atom. The molecule has 0 fully saturated rings. The SMILES string of the molecule is CCOCCCNC(=O)C=Cc1cc(Cl)c(OCC)c(OC)c1. The van der Waals surface area contributed by atoms with Crippen LogP contribution in [0, 0.1) is 0 Å². The van der Waals surface area contributed by atoms with E-state index in [0.29, 0.717) is 42.9 Å². The molecule has 0 atom stereocenters. The van der Waals surface area contributed by atoms with Crippen LogP contribution in [0.25, 0.3) is 6.08 Å². The minimum Gasteiger partial charge on any atom is -0.493 e. The van der Waals surface area contributed by atoms with Crippen molar-refractivity contribution in [2.75, 3.05) is 33.5 Å². The van der Waals surface area contributed by atoms with Crippen LogP contribution in [0.5, 0.6) is 11.5 Å². The van der Waals surface area contributed by atoms with E-state index in [9.17, 15) is 4.79 Å². The summed E-state index contributed by atoms with van der Waals surface area (Å²) in [6, 6.07) is 3.50. The Morgan fingerprint density at radius 1 is 1.30 bits per heavy atom. The fourth-order valence-corrected chi connectivity index (χ4v) is 2.16. The molecule has 1 rings (SSSR count). The summed E-state index contributed by atoms with van der Waals surface area (Å²) >= 11 is 6.19. The number of amides is 1. The Balaban J connectivity index is 2.62. The molecular weight excluding hydrogens is 318 g/mol. The fourth-order valence-electron chi connectivity index (χ4n) is 1.88. The molecule has 0 aliphatic rings. The second kappa shape index (κ2) is 10.9. The van der Waals surface area contributed by atoms with Gasteiger partial charge in [0.05, 0.1) is 18.7 Å². The summed E-state index contributed by atoms with van der Waals surface area (Å²) in [6.07, 6.45) is 3.93. The third-order valence-electron chi connectivity index (χ3n) is 2.94. The third kappa shape index (κ3) is 6.93. The molecule has 23 heavy (non-hydrogen) atoms. The van der Waals surface area contributed by atoms with Crippen molar-refractivity contribution < 1.29 is 19.0 Å². The summed E-state index contributed by atoms with van der Waals surface area (Å²) in [5.41, 5.74) is 0.764. The zero-order valence-electron chi connectivity index (χ0n) is 13.9. The molecule has 6 heteroatoms. The van der Waals surface area contributed by atoms with E-state index in [2.05, 4.69) is 5.32 Å². The van der Waals surface area contributed by atoms with Crippen molar-refractivity contribution in [3.05, 3.63) is 28.8 Å². The number of hydrogen-bond acceptors (Lipinski definition) is 4. The Hall–Kier alpha value is -1.72. The van der Waals surface area contributed by atoms with E-state index in [1.807, 2.05) is 13.8 Å². The Bertz CT molecular complexity index is 532. The summed E-state index contributed by atoms with van der Waals surface area (Å²) in [6.45, 7) is 6.23. The second-order valence-electron chi connectivity index (χ2n) is 4.64. The second-order valence-corrected chi connectivity index (χ2v) is 5.05. The Kier molecular flexibility index (Phi) is 9.17. The smallest absolute Gasteiger partial charge is 0.244 e. The normalized spacial score (nSPS) is 10.8. The van der Waals surface area contributed by atoms with Crippen LogP contribution >= 0.6 is 11.6 Å². The van der Waals surface area contributed by atoms with Gasteiger partial charge in [0, 0.05) is 25.8 Å². The van der Waals surface area contributed by atoms with Crippen LogP contribution in [-0.4, -0.2) is 39.4 Å². The number of carbonyl (C=O) groups excluding carboxylic acids is 1. The van der Waals surface area contributed by atoms with Crippen LogP contribution in [0.15, 0.2) is 18.2 Å². The molecule has 0 saturated carbocycles. The number of methoxy groups -OCH3 is 1. The maximum Gasteiger partial charge on any atom is 0.244 e. The zero-order chi connectivity index (χ0) is 17.1. The van der Waals surface area contributed by atoms with Gasteiger partial charge in [-0.25, -0.2) is 0 Å². The van der Waals surface area contributed by atoms with Gasteiger partial charge >= 0.3 is 0 Å². The van der Waals surface area contributed by atoms with Gasteiger partial charge in [-0.2, -0.15) is 0 Å². The van der Waals surface area contributed by atoms with Crippen molar-refractivity contribution in [3.63, 3.8) is 0 Å². The molecule has 0 unspecified atom stereocenters. The maximum absolute atomic E-state index is 11.7. The molecule has 0 spiro atoms. The molecule has 0 heterocycles. The van der Waals surface area contributed by atoms with Gasteiger partial charge in [0.1, 0.15) is 0 Å². The number of hydrogen-bond donors (Lipinski definition) is 1. The van der Waals surface area contributed by atoms with Crippen LogP contribution in [0.1, 0.15) is 25.8 Å². The lowest BCUT2D eigenvalue weighted by atomic mass is 10.2. The minimum atomic E-state index is -0.162. The molecular formula is C17H24ClNO4. The molecule has 0 aromatic heterocycles. The number of carbonyl (C=O) groups is 1. The van der Waals surface area contributed by atoms with Gasteiger partial charge < -0.3 is 19.5 Å². The number of rotatable bonds is 10. The van der Waals surface area contributed by atoms with Gasteiger partial charge in [-0.3, -0.25) is 4.79 Å². The zero-order valence-corrected chi connectivity index (χ0v) is 14.6. The monoisotopic (exact) mass is 341 g/mol. The van der Waals surface area contributed by atoms with E-state index < -0.39 is 0 Å². The van der Waals surface area contributed by atoms with Crippen LogP contribution < -0.4 is 14.8 Å². The first kappa shape index (κ1) is 19.3. The molecule has 128 valence electrons. The van der Waals surface area contributed by atoms with Crippen molar-refractivity contribution in [1.29, 1.82) is 0 Å². The summed E-state index contributed by atoms with van der Waals surface area (Å²) in [4.78, 5) is 11.7. The summed E-state index contributed by atoms with van der Waals surface area (Å²) in [7, 11) is 1.55. The molecule has 1 aromatic carbocycles. The molecule has 0 bridgehead atoms. The predicted molar refractivity (Wildman–Crippen MR) is 92.3 cm³/mol. The molecule has 0 saturated heterocycles. The lowest BCUT2D eigenvalue weighted by Crippen LogP contribution is -2.23. The predicted octanol–water partition coefficient (Wildman–Crippen LogP) is 3.30. The molecule has 1 aromatic rings. The highest BCUT2D eigenvalue weighted by Crippen LogP contribution is 2.36. The molecule has 0 radical (unpaired) electrons. The van der Waals surface area contributed by atoms with Crippen molar-refractivity contribution in [1.82, 2.24) is 5.32 Å². The Labute approximate surface area is 142 Å². The average molecular weight is 342 g/mol. The van der Waals surface area contributed by atoms with E-state index in [1.165, 1.54) is 6.08 Å². The van der Waals surface area contributed by atoms with Crippen LogP contribution in [0.3, 0.4) is 0 Å². The average Bonchev–Trinajstić information content (AvgIpc) is 2.54. The van der Waals surface area contributed by atoms with Crippen molar-refractivity contribution >= 4 is 23.6 Å². The van der Waals surface area contributed by atoms with E-state index in [-0.39, 0.29) is 5.91 Å². The van der Waals surface area contributed by atoms with E-state index in [4.69, 9.17) is 25.8 Å².